The van der Waals surface area contributed by atoms with Gasteiger partial charge in [0.2, 0.25) is 11.6 Å². The lowest BCUT2D eigenvalue weighted by molar-refractivity contribution is 0.324. The highest BCUT2D eigenvalue weighted by Gasteiger charge is 2.14. The summed E-state index contributed by atoms with van der Waals surface area (Å²) in [5.41, 5.74) is 6.06. The van der Waals surface area contributed by atoms with Gasteiger partial charge in [-0.15, -0.1) is 5.10 Å². The highest BCUT2D eigenvalue weighted by molar-refractivity contribution is 5.65. The predicted octanol–water partition coefficient (Wildman–Crippen LogP) is 1.30. The monoisotopic (exact) mass is 280 g/mol. The number of benzene rings is 1. The average molecular weight is 280 g/mol. The van der Waals surface area contributed by atoms with Crippen LogP contribution in [0.15, 0.2) is 16.5 Å². The Bertz CT molecular complexity index is 560. The molecule has 8 heteroatoms. The van der Waals surface area contributed by atoms with Gasteiger partial charge in [0.1, 0.15) is 0 Å². The zero-order valence-electron chi connectivity index (χ0n) is 11.5. The molecule has 0 aliphatic heterocycles. The smallest absolute Gasteiger partial charge is 0.320 e. The molecule has 0 saturated heterocycles. The largest absolute Gasteiger partial charge is 0.493 e. The maximum atomic E-state index is 5.41. The van der Waals surface area contributed by atoms with Gasteiger partial charge in [-0.1, -0.05) is 5.10 Å². The van der Waals surface area contributed by atoms with Crippen molar-refractivity contribution in [2.45, 2.75) is 6.54 Å². The van der Waals surface area contributed by atoms with Crippen molar-refractivity contribution in [2.75, 3.05) is 26.6 Å². The Labute approximate surface area is 115 Å². The van der Waals surface area contributed by atoms with E-state index in [0.29, 0.717) is 28.8 Å². The number of methoxy groups -OCH3 is 3. The maximum absolute atomic E-state index is 5.41. The fraction of sp³-hybridized carbons (Fsp3) is 0.333. The minimum Gasteiger partial charge on any atom is -0.493 e. The number of ether oxygens (including phenoxy) is 3. The molecule has 2 aromatic rings. The lowest BCUT2D eigenvalue weighted by Crippen LogP contribution is -1.98. The molecular weight excluding hydrogens is 264 g/mol. The van der Waals surface area contributed by atoms with Crippen LogP contribution in [0.4, 0.5) is 11.7 Å². The second-order valence-electron chi connectivity index (χ2n) is 3.74. The molecule has 0 unspecified atom stereocenters. The Morgan fingerprint density at radius 1 is 1.10 bits per heavy atom. The van der Waals surface area contributed by atoms with Crippen molar-refractivity contribution in [3.8, 4) is 17.2 Å². The van der Waals surface area contributed by atoms with E-state index in [1.54, 1.807) is 33.5 Å². The fourth-order valence-corrected chi connectivity index (χ4v) is 1.66. The molecule has 3 N–H and O–H groups in total. The standard InChI is InChI=1S/C12H16N4O4/c1-17-8-4-7(5-9(18-2)11(8)19-3)14-12-16-15-10(6-13)20-12/h4-5H,6,13H2,1-3H3,(H,14,16). The molecule has 1 heterocycles. The molecule has 2 rings (SSSR count). The first-order valence-electron chi connectivity index (χ1n) is 5.81. The van der Waals surface area contributed by atoms with E-state index in [4.69, 9.17) is 24.4 Å². The Kier molecular flexibility index (Phi) is 4.26. The first-order chi connectivity index (χ1) is 9.71. The lowest BCUT2D eigenvalue weighted by atomic mass is 10.2. The number of hydrogen-bond donors (Lipinski definition) is 2. The fourth-order valence-electron chi connectivity index (χ4n) is 1.66. The van der Waals surface area contributed by atoms with Crippen LogP contribution in [-0.4, -0.2) is 31.5 Å². The zero-order valence-corrected chi connectivity index (χ0v) is 11.5. The van der Waals surface area contributed by atoms with E-state index in [9.17, 15) is 0 Å². The van der Waals surface area contributed by atoms with Crippen LogP contribution in [0.1, 0.15) is 5.89 Å². The first-order valence-corrected chi connectivity index (χ1v) is 5.81. The van der Waals surface area contributed by atoms with Gasteiger partial charge < -0.3 is 29.7 Å². The highest BCUT2D eigenvalue weighted by atomic mass is 16.5. The predicted molar refractivity (Wildman–Crippen MR) is 71.6 cm³/mol. The van der Waals surface area contributed by atoms with Gasteiger partial charge in [0.25, 0.3) is 0 Å². The third-order valence-corrected chi connectivity index (χ3v) is 2.56. The second kappa shape index (κ2) is 6.11. The normalized spacial score (nSPS) is 10.2. The summed E-state index contributed by atoms with van der Waals surface area (Å²) in [6.07, 6.45) is 0. The Morgan fingerprint density at radius 3 is 2.20 bits per heavy atom. The SMILES string of the molecule is COc1cc(Nc2nnc(CN)o2)cc(OC)c1OC. The summed E-state index contributed by atoms with van der Waals surface area (Å²) in [6.45, 7) is 0.184. The van der Waals surface area contributed by atoms with E-state index in [-0.39, 0.29) is 12.6 Å². The topological polar surface area (TPSA) is 105 Å². The summed E-state index contributed by atoms with van der Waals surface area (Å²) in [7, 11) is 4.62. The van der Waals surface area contributed by atoms with Crippen molar-refractivity contribution in [3.63, 3.8) is 0 Å². The van der Waals surface area contributed by atoms with Gasteiger partial charge in [-0.25, -0.2) is 0 Å². The quantitative estimate of drug-likeness (QED) is 0.815. The summed E-state index contributed by atoms with van der Waals surface area (Å²) in [6, 6.07) is 3.70. The molecule has 0 atom stereocenters. The summed E-state index contributed by atoms with van der Waals surface area (Å²) >= 11 is 0. The zero-order chi connectivity index (χ0) is 14.5. The lowest BCUT2D eigenvalue weighted by Gasteiger charge is -2.13. The molecule has 0 aliphatic carbocycles. The second-order valence-corrected chi connectivity index (χ2v) is 3.74. The molecule has 8 nitrogen and oxygen atoms in total. The van der Waals surface area contributed by atoms with Crippen LogP contribution >= 0.6 is 0 Å². The third kappa shape index (κ3) is 2.75. The molecule has 0 fully saturated rings. The van der Waals surface area contributed by atoms with E-state index >= 15 is 0 Å². The summed E-state index contributed by atoms with van der Waals surface area (Å²) < 4.78 is 21.0. The van der Waals surface area contributed by atoms with Crippen LogP contribution in [0.3, 0.4) is 0 Å². The molecule has 1 aromatic carbocycles. The van der Waals surface area contributed by atoms with Crippen molar-refractivity contribution < 1.29 is 18.6 Å². The van der Waals surface area contributed by atoms with Gasteiger partial charge in [0.05, 0.1) is 33.6 Å². The van der Waals surface area contributed by atoms with Gasteiger partial charge in [0.15, 0.2) is 11.5 Å². The van der Waals surface area contributed by atoms with Crippen molar-refractivity contribution in [1.82, 2.24) is 10.2 Å². The molecule has 108 valence electrons. The Balaban J connectivity index is 2.31. The van der Waals surface area contributed by atoms with Crippen LogP contribution in [0, 0.1) is 0 Å². The maximum Gasteiger partial charge on any atom is 0.320 e. The number of nitrogens with one attached hydrogen (secondary N) is 1. The van der Waals surface area contributed by atoms with E-state index in [0.717, 1.165) is 0 Å². The van der Waals surface area contributed by atoms with E-state index in [1.807, 2.05) is 0 Å². The van der Waals surface area contributed by atoms with Crippen molar-refractivity contribution in [1.29, 1.82) is 0 Å². The van der Waals surface area contributed by atoms with Gasteiger partial charge in [-0.05, 0) is 0 Å². The van der Waals surface area contributed by atoms with Crippen LogP contribution < -0.4 is 25.3 Å². The molecule has 0 amide bonds. The van der Waals surface area contributed by atoms with Gasteiger partial charge in [-0.3, -0.25) is 0 Å². The minimum absolute atomic E-state index is 0.184. The van der Waals surface area contributed by atoms with Crippen molar-refractivity contribution in [2.24, 2.45) is 5.73 Å². The Morgan fingerprint density at radius 2 is 1.75 bits per heavy atom. The van der Waals surface area contributed by atoms with E-state index < -0.39 is 0 Å². The molecule has 1 aromatic heterocycles. The molecular formula is C12H16N4O4. The van der Waals surface area contributed by atoms with E-state index in [2.05, 4.69) is 15.5 Å². The van der Waals surface area contributed by atoms with Crippen molar-refractivity contribution in [3.05, 3.63) is 18.0 Å². The first kappa shape index (κ1) is 13.9. The average Bonchev–Trinajstić information content (AvgIpc) is 2.93. The van der Waals surface area contributed by atoms with Crippen LogP contribution in [0.25, 0.3) is 0 Å². The molecule has 0 radical (unpaired) electrons. The van der Waals surface area contributed by atoms with Gasteiger partial charge in [-0.2, -0.15) is 0 Å². The summed E-state index contributed by atoms with van der Waals surface area (Å²) in [5.74, 6) is 1.90. The van der Waals surface area contributed by atoms with Gasteiger partial charge in [0, 0.05) is 12.1 Å². The molecule has 0 bridgehead atoms. The summed E-state index contributed by atoms with van der Waals surface area (Å²) in [5, 5.41) is 10.5. The minimum atomic E-state index is 0.184. The molecule has 20 heavy (non-hydrogen) atoms. The number of nitrogens with zero attached hydrogens (tertiary/aromatic N) is 2. The Hall–Kier alpha value is -2.48. The summed E-state index contributed by atoms with van der Waals surface area (Å²) in [4.78, 5) is 0. The molecule has 0 aliphatic rings. The number of aromatic nitrogens is 2. The number of nitrogens with two attached hydrogens (primary N) is 1. The number of rotatable bonds is 6. The molecule has 0 saturated carbocycles. The molecule has 0 spiro atoms. The van der Waals surface area contributed by atoms with E-state index in [1.165, 1.54) is 0 Å². The third-order valence-electron chi connectivity index (χ3n) is 2.56. The van der Waals surface area contributed by atoms with Gasteiger partial charge >= 0.3 is 6.01 Å². The highest BCUT2D eigenvalue weighted by Crippen LogP contribution is 2.40. The van der Waals surface area contributed by atoms with Crippen LogP contribution in [0.5, 0.6) is 17.2 Å². The van der Waals surface area contributed by atoms with Crippen LogP contribution in [-0.2, 0) is 6.54 Å². The number of anilines is 2. The van der Waals surface area contributed by atoms with Crippen molar-refractivity contribution >= 4 is 11.7 Å². The van der Waals surface area contributed by atoms with Crippen LogP contribution in [0.2, 0.25) is 0 Å². The number of hydrogen-bond acceptors (Lipinski definition) is 8.